The van der Waals surface area contributed by atoms with Crippen LogP contribution >= 0.6 is 23.4 Å². The van der Waals surface area contributed by atoms with Crippen molar-refractivity contribution >= 4 is 39.1 Å². The zero-order valence-electron chi connectivity index (χ0n) is 17.3. The average molecular weight is 511 g/mol. The van der Waals surface area contributed by atoms with Crippen LogP contribution in [0.3, 0.4) is 0 Å². The Morgan fingerprint density at radius 3 is 2.78 bits per heavy atom. The summed E-state index contributed by atoms with van der Waals surface area (Å²) in [5.74, 6) is 1.37. The first-order valence-electron chi connectivity index (χ1n) is 10.6. The fraction of sp³-hybridized carbons (Fsp3) is 0.619. The highest BCUT2D eigenvalue weighted by Crippen LogP contribution is 2.49. The van der Waals surface area contributed by atoms with Crippen LogP contribution in [-0.4, -0.2) is 44.5 Å². The molecule has 0 aromatic heterocycles. The van der Waals surface area contributed by atoms with Gasteiger partial charge in [-0.2, -0.15) is 13.2 Å². The van der Waals surface area contributed by atoms with Crippen LogP contribution in [0, 0.1) is 11.8 Å². The number of ether oxygens (including phenoxy) is 1. The summed E-state index contributed by atoms with van der Waals surface area (Å²) in [5, 5.41) is 5.54. The lowest BCUT2D eigenvalue weighted by molar-refractivity contribution is -0.138. The molecule has 0 radical (unpaired) electrons. The van der Waals surface area contributed by atoms with Gasteiger partial charge in [-0.15, -0.1) is 23.4 Å². The summed E-state index contributed by atoms with van der Waals surface area (Å²) in [6, 6.07) is 3.79. The lowest BCUT2D eigenvalue weighted by Crippen LogP contribution is -2.48. The molecule has 11 heteroatoms. The quantitative estimate of drug-likeness (QED) is 0.518. The molecule has 2 N–H and O–H groups in total. The minimum absolute atomic E-state index is 0.00318. The molecular weight excluding hydrogens is 485 g/mol. The van der Waals surface area contributed by atoms with Gasteiger partial charge in [0.2, 0.25) is 10.0 Å². The number of thioether (sulfide) groups is 1. The van der Waals surface area contributed by atoms with Gasteiger partial charge in [-0.05, 0) is 42.9 Å². The molecule has 3 aliphatic heterocycles. The largest absolute Gasteiger partial charge is 0.416 e. The van der Waals surface area contributed by atoms with Crippen molar-refractivity contribution in [2.45, 2.75) is 43.7 Å². The van der Waals surface area contributed by atoms with Crippen LogP contribution in [0.25, 0.3) is 0 Å². The molecule has 5 atom stereocenters. The van der Waals surface area contributed by atoms with Crippen LogP contribution in [0.4, 0.5) is 18.9 Å². The van der Waals surface area contributed by atoms with E-state index in [9.17, 15) is 21.6 Å². The van der Waals surface area contributed by atoms with Crippen molar-refractivity contribution in [2.24, 2.45) is 11.8 Å². The molecule has 0 bridgehead atoms. The fourth-order valence-corrected chi connectivity index (χ4v) is 7.05. The first-order valence-corrected chi connectivity index (χ1v) is 13.9. The van der Waals surface area contributed by atoms with Crippen molar-refractivity contribution in [1.82, 2.24) is 4.72 Å². The number of hydrogen-bond donors (Lipinski definition) is 2. The molecular formula is C21H26ClF3N2O3S2. The summed E-state index contributed by atoms with van der Waals surface area (Å²) >= 11 is 7.31. The van der Waals surface area contributed by atoms with Gasteiger partial charge in [-0.3, -0.25) is 0 Å². The Labute approximate surface area is 195 Å². The molecule has 0 spiro atoms. The highest BCUT2D eigenvalue weighted by atomic mass is 35.5. The summed E-state index contributed by atoms with van der Waals surface area (Å²) < 4.78 is 73.2. The normalized spacial score (nSPS) is 29.9. The first kappa shape index (κ1) is 24.2. The van der Waals surface area contributed by atoms with Gasteiger partial charge in [0, 0.05) is 47.3 Å². The number of alkyl halides is 4. The Morgan fingerprint density at radius 2 is 2.09 bits per heavy atom. The van der Waals surface area contributed by atoms with E-state index in [1.165, 1.54) is 12.1 Å². The van der Waals surface area contributed by atoms with Crippen LogP contribution in [-0.2, 0) is 20.9 Å². The van der Waals surface area contributed by atoms with Gasteiger partial charge in [0.05, 0.1) is 23.5 Å². The Bertz CT molecular complexity index is 958. The Hall–Kier alpha value is -0.940. The van der Waals surface area contributed by atoms with Crippen molar-refractivity contribution in [3.05, 3.63) is 40.8 Å². The van der Waals surface area contributed by atoms with Crippen LogP contribution in [0.5, 0.6) is 0 Å². The average Bonchev–Trinajstić information content (AvgIpc) is 3.29. The smallest absolute Gasteiger partial charge is 0.381 e. The second-order valence-corrected chi connectivity index (χ2v) is 11.7. The monoisotopic (exact) mass is 510 g/mol. The summed E-state index contributed by atoms with van der Waals surface area (Å²) in [6.45, 7) is 0.0966. The zero-order chi connectivity index (χ0) is 22.9. The van der Waals surface area contributed by atoms with Crippen LogP contribution < -0.4 is 10.0 Å². The maximum absolute atomic E-state index is 13.4. The van der Waals surface area contributed by atoms with Crippen LogP contribution in [0.1, 0.15) is 36.5 Å². The molecule has 1 aromatic carbocycles. The lowest BCUT2D eigenvalue weighted by Gasteiger charge is -2.47. The number of anilines is 1. The van der Waals surface area contributed by atoms with E-state index >= 15 is 0 Å². The van der Waals surface area contributed by atoms with Gasteiger partial charge in [-0.1, -0.05) is 6.08 Å². The molecule has 1 saturated heterocycles. The standard InChI is InChI=1S/C21H26ClF3N2O3S2/c22-7-1-9-32(28,29)26-11-15-3-4-16-19(13-6-8-31-12-13)27-18-5-2-14(21(23,24)25)10-17(18)20(16)30-15/h2,5-6,8,10,13,15-16,19-20,26-27H,1,3-4,7,9,11-12H2/t13?,15-,16+,19+,20+/m1/s1. The summed E-state index contributed by atoms with van der Waals surface area (Å²) in [6.07, 6.45) is -1.51. The van der Waals surface area contributed by atoms with Gasteiger partial charge in [0.15, 0.2) is 0 Å². The van der Waals surface area contributed by atoms with Gasteiger partial charge >= 0.3 is 6.18 Å². The summed E-state index contributed by atoms with van der Waals surface area (Å²) in [5.41, 5.74) is 0.433. The second kappa shape index (κ2) is 9.74. The summed E-state index contributed by atoms with van der Waals surface area (Å²) in [4.78, 5) is 0. The molecule has 0 saturated carbocycles. The number of rotatable bonds is 7. The van der Waals surface area contributed by atoms with E-state index in [4.69, 9.17) is 16.3 Å². The number of nitrogens with one attached hydrogen (secondary N) is 2. The predicted octanol–water partition coefficient (Wildman–Crippen LogP) is 4.76. The molecule has 5 nitrogen and oxygen atoms in total. The number of hydrogen-bond acceptors (Lipinski definition) is 5. The van der Waals surface area contributed by atoms with Crippen molar-refractivity contribution < 1.29 is 26.3 Å². The van der Waals surface area contributed by atoms with E-state index in [2.05, 4.69) is 21.5 Å². The van der Waals surface area contributed by atoms with Gasteiger partial charge in [-0.25, -0.2) is 13.1 Å². The summed E-state index contributed by atoms with van der Waals surface area (Å²) in [7, 11) is -3.47. The molecule has 0 aliphatic carbocycles. The number of sulfonamides is 1. The Morgan fingerprint density at radius 1 is 1.28 bits per heavy atom. The topological polar surface area (TPSA) is 67.4 Å². The maximum Gasteiger partial charge on any atom is 0.416 e. The van der Waals surface area contributed by atoms with Gasteiger partial charge in [0.25, 0.3) is 0 Å². The molecule has 4 rings (SSSR count). The number of benzene rings is 1. The molecule has 1 aromatic rings. The van der Waals surface area contributed by atoms with E-state index in [-0.39, 0.29) is 36.1 Å². The molecule has 32 heavy (non-hydrogen) atoms. The predicted molar refractivity (Wildman–Crippen MR) is 121 cm³/mol. The van der Waals surface area contributed by atoms with Crippen molar-refractivity contribution in [1.29, 1.82) is 0 Å². The Kier molecular flexibility index (Phi) is 7.36. The lowest BCUT2D eigenvalue weighted by atomic mass is 9.74. The zero-order valence-corrected chi connectivity index (χ0v) is 19.7. The SMILES string of the molecule is O=S(=O)(CCCCl)NC[C@H]1CC[C@@H]2[C@H](O1)c1cc(C(F)(F)F)ccc1N[C@H]2C1C=CSC1. The van der Waals surface area contributed by atoms with E-state index < -0.39 is 34.0 Å². The Balaban J connectivity index is 1.56. The number of fused-ring (bicyclic) bond motifs is 3. The van der Waals surface area contributed by atoms with Crippen molar-refractivity contribution in [3.8, 4) is 0 Å². The molecule has 1 fully saturated rings. The van der Waals surface area contributed by atoms with Gasteiger partial charge in [0.1, 0.15) is 0 Å². The minimum atomic E-state index is -4.45. The van der Waals surface area contributed by atoms with Gasteiger partial charge < -0.3 is 10.1 Å². The third kappa shape index (κ3) is 5.41. The van der Waals surface area contributed by atoms with Crippen molar-refractivity contribution in [2.75, 3.05) is 29.2 Å². The fourth-order valence-electron chi connectivity index (χ4n) is 4.68. The third-order valence-corrected chi connectivity index (χ3v) is 8.90. The highest BCUT2D eigenvalue weighted by molar-refractivity contribution is 8.02. The number of halogens is 4. The van der Waals surface area contributed by atoms with E-state index in [0.717, 1.165) is 18.2 Å². The molecule has 0 amide bonds. The van der Waals surface area contributed by atoms with E-state index in [1.807, 2.05) is 0 Å². The second-order valence-electron chi connectivity index (χ2n) is 8.43. The van der Waals surface area contributed by atoms with E-state index in [1.54, 1.807) is 11.8 Å². The molecule has 3 heterocycles. The van der Waals surface area contributed by atoms with Crippen LogP contribution in [0.2, 0.25) is 0 Å². The van der Waals surface area contributed by atoms with Crippen molar-refractivity contribution in [3.63, 3.8) is 0 Å². The molecule has 178 valence electrons. The molecule has 3 aliphatic rings. The molecule has 1 unspecified atom stereocenters. The van der Waals surface area contributed by atoms with E-state index in [0.29, 0.717) is 24.1 Å². The highest BCUT2D eigenvalue weighted by Gasteiger charge is 2.45. The first-order chi connectivity index (χ1) is 15.2. The maximum atomic E-state index is 13.4. The third-order valence-electron chi connectivity index (χ3n) is 6.27. The van der Waals surface area contributed by atoms with Crippen LogP contribution in [0.15, 0.2) is 29.7 Å². The minimum Gasteiger partial charge on any atom is -0.381 e.